The third-order valence-corrected chi connectivity index (χ3v) is 5.72. The lowest BCUT2D eigenvalue weighted by Gasteiger charge is -2.21. The predicted molar refractivity (Wildman–Crippen MR) is 111 cm³/mol. The Kier molecular flexibility index (Phi) is 6.85. The minimum absolute atomic E-state index is 0.0836. The standard InChI is InChI=1S/C20H19Cl2N3OS/c1-25(12-15-8-5-9-16(21)18(15)22)13-17(26)24-19(20-23-10-11-27-20)14-6-3-2-4-7-14/h2-11,19H,12-13H2,1H3,(H,24,26). The van der Waals surface area contributed by atoms with E-state index in [0.717, 1.165) is 16.1 Å². The van der Waals surface area contributed by atoms with Gasteiger partial charge in [0.15, 0.2) is 0 Å². The first-order valence-electron chi connectivity index (χ1n) is 8.39. The summed E-state index contributed by atoms with van der Waals surface area (Å²) in [6.45, 7) is 0.762. The highest BCUT2D eigenvalue weighted by atomic mass is 35.5. The summed E-state index contributed by atoms with van der Waals surface area (Å²) in [5.41, 5.74) is 1.89. The molecule has 1 N–H and O–H groups in total. The van der Waals surface area contributed by atoms with Gasteiger partial charge in [-0.05, 0) is 24.2 Å². The molecule has 2 aromatic carbocycles. The lowest BCUT2D eigenvalue weighted by atomic mass is 10.1. The number of amides is 1. The molecule has 7 heteroatoms. The number of aromatic nitrogens is 1. The number of hydrogen-bond acceptors (Lipinski definition) is 4. The van der Waals surface area contributed by atoms with Gasteiger partial charge in [-0.25, -0.2) is 4.98 Å². The monoisotopic (exact) mass is 419 g/mol. The van der Waals surface area contributed by atoms with Crippen LogP contribution in [0, 0.1) is 0 Å². The smallest absolute Gasteiger partial charge is 0.235 e. The molecule has 0 radical (unpaired) electrons. The van der Waals surface area contributed by atoms with Crippen molar-refractivity contribution in [2.24, 2.45) is 0 Å². The molecular weight excluding hydrogens is 401 g/mol. The molecule has 3 rings (SSSR count). The van der Waals surface area contributed by atoms with Crippen LogP contribution in [-0.4, -0.2) is 29.4 Å². The van der Waals surface area contributed by atoms with E-state index in [-0.39, 0.29) is 18.5 Å². The number of likely N-dealkylation sites (N-methyl/N-ethyl adjacent to an activating group) is 1. The minimum Gasteiger partial charge on any atom is -0.342 e. The molecule has 0 bridgehead atoms. The molecule has 0 saturated carbocycles. The highest BCUT2D eigenvalue weighted by molar-refractivity contribution is 7.09. The van der Waals surface area contributed by atoms with E-state index < -0.39 is 0 Å². The van der Waals surface area contributed by atoms with E-state index in [1.807, 2.05) is 59.8 Å². The van der Waals surface area contributed by atoms with Crippen molar-refractivity contribution in [2.45, 2.75) is 12.6 Å². The molecule has 27 heavy (non-hydrogen) atoms. The Morgan fingerprint density at radius 2 is 1.96 bits per heavy atom. The van der Waals surface area contributed by atoms with Crippen molar-refractivity contribution in [1.82, 2.24) is 15.2 Å². The van der Waals surface area contributed by atoms with Crippen LogP contribution in [0.3, 0.4) is 0 Å². The highest BCUT2D eigenvalue weighted by Gasteiger charge is 2.20. The Morgan fingerprint density at radius 3 is 2.67 bits per heavy atom. The second-order valence-corrected chi connectivity index (χ2v) is 7.88. The molecule has 1 heterocycles. The summed E-state index contributed by atoms with van der Waals surface area (Å²) in [4.78, 5) is 18.9. The van der Waals surface area contributed by atoms with Crippen molar-refractivity contribution in [3.05, 3.63) is 86.3 Å². The summed E-state index contributed by atoms with van der Waals surface area (Å²) in [7, 11) is 1.87. The van der Waals surface area contributed by atoms with Crippen molar-refractivity contribution in [2.75, 3.05) is 13.6 Å². The van der Waals surface area contributed by atoms with E-state index in [1.165, 1.54) is 11.3 Å². The topological polar surface area (TPSA) is 45.2 Å². The molecule has 0 fully saturated rings. The number of thiazole rings is 1. The zero-order valence-corrected chi connectivity index (χ0v) is 17.1. The van der Waals surface area contributed by atoms with Crippen molar-refractivity contribution in [1.29, 1.82) is 0 Å². The van der Waals surface area contributed by atoms with Crippen LogP contribution in [-0.2, 0) is 11.3 Å². The maximum absolute atomic E-state index is 12.6. The van der Waals surface area contributed by atoms with Gasteiger partial charge in [0.2, 0.25) is 5.91 Å². The second-order valence-electron chi connectivity index (χ2n) is 6.17. The van der Waals surface area contributed by atoms with Crippen LogP contribution in [0.2, 0.25) is 10.0 Å². The molecular formula is C20H19Cl2N3OS. The summed E-state index contributed by atoms with van der Waals surface area (Å²) < 4.78 is 0. The molecule has 0 saturated heterocycles. The van der Waals surface area contributed by atoms with Crippen LogP contribution < -0.4 is 5.32 Å². The third kappa shape index (κ3) is 5.30. The van der Waals surface area contributed by atoms with Gasteiger partial charge in [0, 0.05) is 18.1 Å². The average Bonchev–Trinajstić information content (AvgIpc) is 3.18. The number of rotatable bonds is 7. The summed E-state index contributed by atoms with van der Waals surface area (Å²) in [5, 5.41) is 6.89. The Morgan fingerprint density at radius 1 is 1.19 bits per heavy atom. The van der Waals surface area contributed by atoms with Crippen molar-refractivity contribution < 1.29 is 4.79 Å². The second kappa shape index (κ2) is 9.33. The molecule has 1 aromatic heterocycles. The van der Waals surface area contributed by atoms with E-state index in [2.05, 4.69) is 10.3 Å². The number of hydrogen-bond donors (Lipinski definition) is 1. The van der Waals surface area contributed by atoms with Gasteiger partial charge in [-0.2, -0.15) is 0 Å². The van der Waals surface area contributed by atoms with E-state index in [4.69, 9.17) is 23.2 Å². The van der Waals surface area contributed by atoms with E-state index in [9.17, 15) is 4.79 Å². The van der Waals surface area contributed by atoms with Crippen LogP contribution in [0.15, 0.2) is 60.1 Å². The average molecular weight is 420 g/mol. The summed E-state index contributed by atoms with van der Waals surface area (Å²) in [6, 6.07) is 15.1. The fourth-order valence-corrected chi connectivity index (χ4v) is 3.87. The summed E-state index contributed by atoms with van der Waals surface area (Å²) in [6.07, 6.45) is 1.75. The molecule has 1 amide bonds. The van der Waals surface area contributed by atoms with Crippen LogP contribution in [0.25, 0.3) is 0 Å². The Balaban J connectivity index is 1.66. The predicted octanol–water partition coefficient (Wildman–Crippen LogP) is 4.79. The number of benzene rings is 2. The SMILES string of the molecule is CN(CC(=O)NC(c1ccccc1)c1nccs1)Cc1cccc(Cl)c1Cl. The first kappa shape index (κ1) is 19.8. The first-order valence-corrected chi connectivity index (χ1v) is 10.0. The Labute approximate surface area is 172 Å². The van der Waals surface area contributed by atoms with Gasteiger partial charge in [-0.3, -0.25) is 9.69 Å². The number of halogens is 2. The van der Waals surface area contributed by atoms with Gasteiger partial charge < -0.3 is 5.32 Å². The van der Waals surface area contributed by atoms with E-state index >= 15 is 0 Å². The Bertz CT molecular complexity index is 888. The van der Waals surface area contributed by atoms with E-state index in [0.29, 0.717) is 16.6 Å². The van der Waals surface area contributed by atoms with Gasteiger partial charge in [0.25, 0.3) is 0 Å². The number of nitrogens with zero attached hydrogens (tertiary/aromatic N) is 2. The van der Waals surface area contributed by atoms with Crippen LogP contribution in [0.1, 0.15) is 22.2 Å². The molecule has 0 aliphatic heterocycles. The van der Waals surface area contributed by atoms with Gasteiger partial charge in [-0.15, -0.1) is 11.3 Å². The van der Waals surface area contributed by atoms with Crippen LogP contribution >= 0.6 is 34.5 Å². The zero-order chi connectivity index (χ0) is 19.2. The van der Waals surface area contributed by atoms with Crippen molar-refractivity contribution >= 4 is 40.4 Å². The maximum Gasteiger partial charge on any atom is 0.235 e. The molecule has 4 nitrogen and oxygen atoms in total. The normalized spacial score (nSPS) is 12.1. The first-order chi connectivity index (χ1) is 13.0. The fourth-order valence-electron chi connectivity index (χ4n) is 2.78. The van der Waals surface area contributed by atoms with Crippen molar-refractivity contribution in [3.63, 3.8) is 0 Å². The zero-order valence-electron chi connectivity index (χ0n) is 14.7. The summed E-state index contributed by atoms with van der Waals surface area (Å²) in [5.74, 6) is -0.0836. The lowest BCUT2D eigenvalue weighted by molar-refractivity contribution is -0.122. The lowest BCUT2D eigenvalue weighted by Crippen LogP contribution is -2.37. The van der Waals surface area contributed by atoms with E-state index in [1.54, 1.807) is 12.3 Å². The molecule has 0 aliphatic rings. The minimum atomic E-state index is -0.262. The van der Waals surface area contributed by atoms with Gasteiger partial charge >= 0.3 is 0 Å². The van der Waals surface area contributed by atoms with Crippen LogP contribution in [0.4, 0.5) is 0 Å². The quantitative estimate of drug-likeness (QED) is 0.598. The third-order valence-electron chi connectivity index (χ3n) is 4.02. The molecule has 1 unspecified atom stereocenters. The summed E-state index contributed by atoms with van der Waals surface area (Å²) >= 11 is 13.8. The van der Waals surface area contributed by atoms with Crippen molar-refractivity contribution in [3.8, 4) is 0 Å². The molecule has 3 aromatic rings. The highest BCUT2D eigenvalue weighted by Crippen LogP contribution is 2.26. The molecule has 1 atom stereocenters. The maximum atomic E-state index is 12.6. The Hall–Kier alpha value is -1.92. The number of carbonyl (C=O) groups excluding carboxylic acids is 1. The van der Waals surface area contributed by atoms with Gasteiger partial charge in [0.05, 0.1) is 16.6 Å². The molecule has 0 aliphatic carbocycles. The van der Waals surface area contributed by atoms with Crippen LogP contribution in [0.5, 0.6) is 0 Å². The number of nitrogens with one attached hydrogen (secondary N) is 1. The molecule has 0 spiro atoms. The van der Waals surface area contributed by atoms with Gasteiger partial charge in [-0.1, -0.05) is 65.7 Å². The van der Waals surface area contributed by atoms with Gasteiger partial charge in [0.1, 0.15) is 11.0 Å². The largest absolute Gasteiger partial charge is 0.342 e. The fraction of sp³-hybridized carbons (Fsp3) is 0.200. The number of carbonyl (C=O) groups is 1. The molecule has 140 valence electrons.